The second-order valence-corrected chi connectivity index (χ2v) is 6.54. The Morgan fingerprint density at radius 2 is 1.00 bits per heavy atom. The van der Waals surface area contributed by atoms with Gasteiger partial charge in [0, 0.05) is 0 Å². The molecule has 0 N–H and O–H groups in total. The van der Waals surface area contributed by atoms with Crippen LogP contribution in [-0.2, 0) is 19.1 Å². The van der Waals surface area contributed by atoms with Gasteiger partial charge in [-0.25, -0.2) is 0 Å². The van der Waals surface area contributed by atoms with E-state index in [1.807, 2.05) is 0 Å². The Kier molecular flexibility index (Phi) is 10.4. The molecular weight excluding hydrogens is 256 g/mol. The Labute approximate surface area is 124 Å². The third kappa shape index (κ3) is 12.0. The highest BCUT2D eigenvalue weighted by Gasteiger charge is 2.20. The van der Waals surface area contributed by atoms with Crippen LogP contribution in [0.1, 0.15) is 67.2 Å². The molecule has 0 bridgehead atoms. The van der Waals surface area contributed by atoms with Crippen molar-refractivity contribution in [3.8, 4) is 0 Å². The molecule has 0 unspecified atom stereocenters. The predicted octanol–water partition coefficient (Wildman–Crippen LogP) is 3.97. The standard InChI is InChI=1S/2C8H16O2/c2*1-5-8(2,3)6-7(9)10-4/h2*5-6H2,1-4H3. The summed E-state index contributed by atoms with van der Waals surface area (Å²) < 4.78 is 9.10. The molecule has 4 nitrogen and oxygen atoms in total. The van der Waals surface area contributed by atoms with Crippen molar-refractivity contribution in [1.82, 2.24) is 0 Å². The molecule has 0 atom stereocenters. The first-order chi connectivity index (χ1) is 9.03. The number of rotatable bonds is 6. The van der Waals surface area contributed by atoms with E-state index in [9.17, 15) is 9.59 Å². The number of hydrogen-bond donors (Lipinski definition) is 0. The van der Waals surface area contributed by atoms with E-state index in [0.717, 1.165) is 12.8 Å². The van der Waals surface area contributed by atoms with Crippen LogP contribution in [-0.4, -0.2) is 26.2 Å². The van der Waals surface area contributed by atoms with Gasteiger partial charge >= 0.3 is 11.9 Å². The number of esters is 2. The normalized spacial score (nSPS) is 11.2. The van der Waals surface area contributed by atoms with Crippen molar-refractivity contribution in [2.45, 2.75) is 67.2 Å². The molecule has 0 fully saturated rings. The van der Waals surface area contributed by atoms with Crippen molar-refractivity contribution in [1.29, 1.82) is 0 Å². The molecule has 4 heteroatoms. The van der Waals surface area contributed by atoms with Crippen LogP contribution >= 0.6 is 0 Å². The van der Waals surface area contributed by atoms with E-state index >= 15 is 0 Å². The Morgan fingerprint density at radius 3 is 1.15 bits per heavy atom. The van der Waals surface area contributed by atoms with Gasteiger partial charge < -0.3 is 9.47 Å². The summed E-state index contributed by atoms with van der Waals surface area (Å²) in [7, 11) is 2.85. The molecule has 0 aromatic rings. The minimum atomic E-state index is -0.119. The molecule has 120 valence electrons. The molecular formula is C16H32O4. The van der Waals surface area contributed by atoms with E-state index in [1.54, 1.807) is 0 Å². The van der Waals surface area contributed by atoms with Crippen molar-refractivity contribution >= 4 is 11.9 Å². The molecule has 0 saturated carbocycles. The number of hydrogen-bond acceptors (Lipinski definition) is 4. The zero-order valence-corrected chi connectivity index (χ0v) is 14.5. The van der Waals surface area contributed by atoms with Gasteiger partial charge in [0.1, 0.15) is 0 Å². The predicted molar refractivity (Wildman–Crippen MR) is 81.4 cm³/mol. The highest BCUT2D eigenvalue weighted by atomic mass is 16.5. The van der Waals surface area contributed by atoms with Gasteiger partial charge in [-0.3, -0.25) is 9.59 Å². The number of carbonyl (C=O) groups excluding carboxylic acids is 2. The fourth-order valence-corrected chi connectivity index (χ4v) is 1.18. The van der Waals surface area contributed by atoms with Crippen molar-refractivity contribution in [3.63, 3.8) is 0 Å². The Hall–Kier alpha value is -1.06. The zero-order chi connectivity index (χ0) is 16.4. The zero-order valence-electron chi connectivity index (χ0n) is 14.5. The number of ether oxygens (including phenoxy) is 2. The summed E-state index contributed by atoms with van der Waals surface area (Å²) in [6.45, 7) is 12.4. The van der Waals surface area contributed by atoms with Gasteiger partial charge in [-0.2, -0.15) is 0 Å². The third-order valence-corrected chi connectivity index (χ3v) is 3.62. The smallest absolute Gasteiger partial charge is 0.306 e. The lowest BCUT2D eigenvalue weighted by Gasteiger charge is -2.20. The summed E-state index contributed by atoms with van der Waals surface area (Å²) in [6, 6.07) is 0. The molecule has 0 heterocycles. The van der Waals surface area contributed by atoms with Crippen molar-refractivity contribution in [2.24, 2.45) is 10.8 Å². The van der Waals surface area contributed by atoms with Crippen LogP contribution in [0, 0.1) is 10.8 Å². The number of carbonyl (C=O) groups is 2. The summed E-state index contributed by atoms with van der Waals surface area (Å²) in [4.78, 5) is 21.5. The quantitative estimate of drug-likeness (QED) is 0.694. The molecule has 20 heavy (non-hydrogen) atoms. The molecule has 0 aromatic carbocycles. The molecule has 0 rings (SSSR count). The topological polar surface area (TPSA) is 52.6 Å². The average Bonchev–Trinajstić information content (AvgIpc) is 2.38. The second kappa shape index (κ2) is 9.78. The van der Waals surface area contributed by atoms with E-state index in [0.29, 0.717) is 12.8 Å². The molecule has 0 aromatic heterocycles. The van der Waals surface area contributed by atoms with Crippen LogP contribution in [0.2, 0.25) is 0 Å². The Bertz CT molecular complexity index is 263. The van der Waals surface area contributed by atoms with E-state index in [2.05, 4.69) is 51.0 Å². The van der Waals surface area contributed by atoms with E-state index in [-0.39, 0.29) is 22.8 Å². The minimum absolute atomic E-state index is 0.0904. The Morgan fingerprint density at radius 1 is 0.750 bits per heavy atom. The maximum Gasteiger partial charge on any atom is 0.306 e. The minimum Gasteiger partial charge on any atom is -0.469 e. The molecule has 0 aliphatic carbocycles. The van der Waals surface area contributed by atoms with Gasteiger partial charge in [0.15, 0.2) is 0 Å². The highest BCUT2D eigenvalue weighted by molar-refractivity contribution is 5.70. The molecule has 0 spiro atoms. The SMILES string of the molecule is CCC(C)(C)CC(=O)OC.CCC(C)(C)CC(=O)OC. The van der Waals surface area contributed by atoms with Crippen LogP contribution in [0.4, 0.5) is 0 Å². The molecule has 0 radical (unpaired) electrons. The van der Waals surface area contributed by atoms with Gasteiger partial charge in [-0.05, 0) is 10.8 Å². The van der Waals surface area contributed by atoms with Crippen molar-refractivity contribution < 1.29 is 19.1 Å². The summed E-state index contributed by atoms with van der Waals surface area (Å²) in [5, 5.41) is 0. The molecule has 0 aliphatic heterocycles. The van der Waals surface area contributed by atoms with Gasteiger partial charge in [0.25, 0.3) is 0 Å². The van der Waals surface area contributed by atoms with Crippen LogP contribution in [0.5, 0.6) is 0 Å². The van der Waals surface area contributed by atoms with Gasteiger partial charge in [0.2, 0.25) is 0 Å². The summed E-state index contributed by atoms with van der Waals surface area (Å²) in [5.74, 6) is -0.237. The average molecular weight is 288 g/mol. The third-order valence-electron chi connectivity index (χ3n) is 3.62. The number of methoxy groups -OCH3 is 2. The summed E-state index contributed by atoms with van der Waals surface area (Å²) in [6.07, 6.45) is 3.03. The van der Waals surface area contributed by atoms with Crippen molar-refractivity contribution in [2.75, 3.05) is 14.2 Å². The van der Waals surface area contributed by atoms with Crippen LogP contribution in [0.25, 0.3) is 0 Å². The van der Waals surface area contributed by atoms with Crippen LogP contribution in [0.3, 0.4) is 0 Å². The largest absolute Gasteiger partial charge is 0.469 e. The molecule has 0 saturated heterocycles. The van der Waals surface area contributed by atoms with Gasteiger partial charge in [-0.15, -0.1) is 0 Å². The lowest BCUT2D eigenvalue weighted by Crippen LogP contribution is -2.16. The fourth-order valence-electron chi connectivity index (χ4n) is 1.18. The van der Waals surface area contributed by atoms with E-state index < -0.39 is 0 Å². The fraction of sp³-hybridized carbons (Fsp3) is 0.875. The molecule has 0 aliphatic rings. The lowest BCUT2D eigenvalue weighted by atomic mass is 9.87. The summed E-state index contributed by atoms with van der Waals surface area (Å²) in [5.41, 5.74) is 0.181. The first-order valence-electron chi connectivity index (χ1n) is 7.17. The lowest BCUT2D eigenvalue weighted by molar-refractivity contribution is -0.143. The Balaban J connectivity index is 0. The highest BCUT2D eigenvalue weighted by Crippen LogP contribution is 2.24. The molecule has 0 amide bonds. The van der Waals surface area contributed by atoms with E-state index in [4.69, 9.17) is 0 Å². The van der Waals surface area contributed by atoms with Crippen LogP contribution in [0.15, 0.2) is 0 Å². The second-order valence-electron chi connectivity index (χ2n) is 6.54. The maximum absolute atomic E-state index is 10.8. The van der Waals surface area contributed by atoms with Crippen molar-refractivity contribution in [3.05, 3.63) is 0 Å². The van der Waals surface area contributed by atoms with Gasteiger partial charge in [0.05, 0.1) is 27.1 Å². The van der Waals surface area contributed by atoms with Crippen LogP contribution < -0.4 is 0 Å². The summed E-state index contributed by atoms with van der Waals surface area (Å²) >= 11 is 0. The van der Waals surface area contributed by atoms with E-state index in [1.165, 1.54) is 14.2 Å². The first-order valence-corrected chi connectivity index (χ1v) is 7.17. The maximum atomic E-state index is 10.8. The van der Waals surface area contributed by atoms with Gasteiger partial charge in [-0.1, -0.05) is 54.4 Å². The first kappa shape index (κ1) is 21.2. The monoisotopic (exact) mass is 288 g/mol.